The van der Waals surface area contributed by atoms with Crippen molar-refractivity contribution in [2.45, 2.75) is 57.4 Å². The molecule has 1 saturated heterocycles. The van der Waals surface area contributed by atoms with Gasteiger partial charge in [-0.15, -0.1) is 0 Å². The van der Waals surface area contributed by atoms with Crippen LogP contribution in [0.4, 0.5) is 0 Å². The van der Waals surface area contributed by atoms with E-state index in [1.165, 1.54) is 69.2 Å². The van der Waals surface area contributed by atoms with Crippen LogP contribution >= 0.6 is 0 Å². The van der Waals surface area contributed by atoms with E-state index in [0.29, 0.717) is 11.7 Å². The fourth-order valence-corrected chi connectivity index (χ4v) is 4.75. The van der Waals surface area contributed by atoms with Gasteiger partial charge in [0.2, 0.25) is 5.82 Å². The van der Waals surface area contributed by atoms with Gasteiger partial charge < -0.3 is 4.52 Å². The Morgan fingerprint density at radius 3 is 2.21 bits per heavy atom. The summed E-state index contributed by atoms with van der Waals surface area (Å²) in [5.74, 6) is 1.97. The second-order valence-corrected chi connectivity index (χ2v) is 8.56. The number of likely N-dealkylation sites (tertiary alicyclic amines) is 1. The van der Waals surface area contributed by atoms with E-state index in [1.54, 1.807) is 0 Å². The van der Waals surface area contributed by atoms with E-state index in [4.69, 9.17) is 4.52 Å². The monoisotopic (exact) mass is 387 g/mol. The average Bonchev–Trinajstić information content (AvgIpc) is 3.48. The van der Waals surface area contributed by atoms with Crippen LogP contribution in [0.5, 0.6) is 0 Å². The molecule has 5 rings (SSSR count). The van der Waals surface area contributed by atoms with Crippen LogP contribution in [0.25, 0.3) is 22.8 Å². The third-order valence-corrected chi connectivity index (χ3v) is 6.48. The second kappa shape index (κ2) is 8.50. The highest BCUT2D eigenvalue weighted by atomic mass is 16.5. The maximum absolute atomic E-state index is 5.56. The minimum atomic E-state index is 0.594. The molecule has 0 bridgehead atoms. The third-order valence-electron chi connectivity index (χ3n) is 6.48. The van der Waals surface area contributed by atoms with Crippen molar-refractivity contribution in [3.63, 3.8) is 0 Å². The smallest absolute Gasteiger partial charge is 0.258 e. The molecule has 1 aliphatic heterocycles. The zero-order valence-electron chi connectivity index (χ0n) is 17.0. The van der Waals surface area contributed by atoms with Crippen LogP contribution in [0.15, 0.2) is 53.1 Å². The van der Waals surface area contributed by atoms with Crippen LogP contribution in [-0.2, 0) is 6.54 Å². The summed E-state index contributed by atoms with van der Waals surface area (Å²) in [6.07, 6.45) is 9.39. The molecule has 0 N–H and O–H groups in total. The molecule has 2 aliphatic rings. The summed E-state index contributed by atoms with van der Waals surface area (Å²) in [4.78, 5) is 7.15. The molecule has 1 aliphatic carbocycles. The second-order valence-electron chi connectivity index (χ2n) is 8.56. The third kappa shape index (κ3) is 4.27. The predicted octanol–water partition coefficient (Wildman–Crippen LogP) is 6.05. The summed E-state index contributed by atoms with van der Waals surface area (Å²) >= 11 is 0. The van der Waals surface area contributed by atoms with E-state index in [9.17, 15) is 0 Å². The van der Waals surface area contributed by atoms with Crippen molar-refractivity contribution in [1.82, 2.24) is 15.0 Å². The molecular weight excluding hydrogens is 358 g/mol. The van der Waals surface area contributed by atoms with Crippen molar-refractivity contribution in [2.75, 3.05) is 13.1 Å². The summed E-state index contributed by atoms with van der Waals surface area (Å²) in [5.41, 5.74) is 4.79. The first-order chi connectivity index (χ1) is 14.3. The van der Waals surface area contributed by atoms with Crippen molar-refractivity contribution < 1.29 is 4.52 Å². The van der Waals surface area contributed by atoms with E-state index in [0.717, 1.165) is 23.6 Å². The number of aromatic nitrogens is 2. The quantitative estimate of drug-likeness (QED) is 0.535. The molecule has 2 heterocycles. The van der Waals surface area contributed by atoms with Crippen LogP contribution in [0.2, 0.25) is 0 Å². The predicted molar refractivity (Wildman–Crippen MR) is 116 cm³/mol. The van der Waals surface area contributed by atoms with Crippen molar-refractivity contribution in [2.24, 2.45) is 0 Å². The largest absolute Gasteiger partial charge is 0.334 e. The molecular formula is C25H29N3O. The Labute approximate surface area is 172 Å². The first-order valence-corrected chi connectivity index (χ1v) is 11.1. The Balaban J connectivity index is 1.27. The molecule has 1 aromatic heterocycles. The van der Waals surface area contributed by atoms with Gasteiger partial charge in [0.25, 0.3) is 5.89 Å². The van der Waals surface area contributed by atoms with Gasteiger partial charge in [0, 0.05) is 17.7 Å². The molecule has 1 saturated carbocycles. The lowest BCUT2D eigenvalue weighted by Crippen LogP contribution is -2.18. The molecule has 2 aromatic carbocycles. The van der Waals surface area contributed by atoms with Crippen LogP contribution in [-0.4, -0.2) is 28.1 Å². The summed E-state index contributed by atoms with van der Waals surface area (Å²) in [7, 11) is 0. The number of benzene rings is 2. The first kappa shape index (κ1) is 18.6. The molecule has 0 spiro atoms. The maximum Gasteiger partial charge on any atom is 0.258 e. The highest BCUT2D eigenvalue weighted by Gasteiger charge is 2.17. The summed E-state index contributed by atoms with van der Waals surface area (Å²) in [6, 6.07) is 17.3. The maximum atomic E-state index is 5.56. The van der Waals surface area contributed by atoms with Crippen LogP contribution in [0.3, 0.4) is 0 Å². The van der Waals surface area contributed by atoms with E-state index in [1.807, 2.05) is 0 Å². The summed E-state index contributed by atoms with van der Waals surface area (Å²) in [6.45, 7) is 3.47. The van der Waals surface area contributed by atoms with Crippen LogP contribution in [0, 0.1) is 0 Å². The molecule has 0 unspecified atom stereocenters. The Hall–Kier alpha value is -2.46. The van der Waals surface area contributed by atoms with E-state index in [-0.39, 0.29) is 0 Å². The molecule has 4 nitrogen and oxygen atoms in total. The lowest BCUT2D eigenvalue weighted by molar-refractivity contribution is 0.331. The number of rotatable bonds is 5. The molecule has 0 atom stereocenters. The van der Waals surface area contributed by atoms with E-state index in [2.05, 4.69) is 63.6 Å². The Bertz CT molecular complexity index is 917. The molecule has 29 heavy (non-hydrogen) atoms. The Morgan fingerprint density at radius 1 is 0.793 bits per heavy atom. The molecule has 0 radical (unpaired) electrons. The minimum absolute atomic E-state index is 0.594. The first-order valence-electron chi connectivity index (χ1n) is 11.1. The molecule has 2 fully saturated rings. The van der Waals surface area contributed by atoms with Gasteiger partial charge in [-0.05, 0) is 68.0 Å². The van der Waals surface area contributed by atoms with Gasteiger partial charge in [-0.2, -0.15) is 4.98 Å². The number of hydrogen-bond acceptors (Lipinski definition) is 4. The van der Waals surface area contributed by atoms with Crippen LogP contribution in [0.1, 0.15) is 62.0 Å². The highest BCUT2D eigenvalue weighted by Crippen LogP contribution is 2.33. The van der Waals surface area contributed by atoms with Crippen molar-refractivity contribution >= 4 is 0 Å². The zero-order valence-corrected chi connectivity index (χ0v) is 17.0. The van der Waals surface area contributed by atoms with Crippen LogP contribution < -0.4 is 0 Å². The number of hydrogen-bond donors (Lipinski definition) is 0. The topological polar surface area (TPSA) is 42.2 Å². The van der Waals surface area contributed by atoms with Gasteiger partial charge in [0.1, 0.15) is 0 Å². The number of nitrogens with zero attached hydrogens (tertiary/aromatic N) is 3. The Kier molecular flexibility index (Phi) is 5.44. The summed E-state index contributed by atoms with van der Waals surface area (Å²) in [5, 5.41) is 4.21. The fourth-order valence-electron chi connectivity index (χ4n) is 4.75. The van der Waals surface area contributed by atoms with Gasteiger partial charge in [-0.25, -0.2) is 0 Å². The molecule has 3 aromatic rings. The Morgan fingerprint density at radius 2 is 1.48 bits per heavy atom. The van der Waals surface area contributed by atoms with Crippen molar-refractivity contribution in [3.8, 4) is 22.8 Å². The van der Waals surface area contributed by atoms with Gasteiger partial charge >= 0.3 is 0 Å². The minimum Gasteiger partial charge on any atom is -0.334 e. The standard InChI is InChI=1S/C25H29N3O/c1-2-6-20(7-3-1)21-12-14-23(15-13-21)25-26-24(27-29-25)22-10-8-19(9-11-22)18-28-16-4-5-17-28/h8-15,20H,1-7,16-18H2. The highest BCUT2D eigenvalue weighted by molar-refractivity contribution is 5.60. The SMILES string of the molecule is c1cc(-c2noc(-c3ccc(C4CCCCC4)cc3)n2)ccc1CN1CCCC1. The molecule has 0 amide bonds. The van der Waals surface area contributed by atoms with Crippen molar-refractivity contribution in [1.29, 1.82) is 0 Å². The van der Waals surface area contributed by atoms with Crippen molar-refractivity contribution in [3.05, 3.63) is 59.7 Å². The van der Waals surface area contributed by atoms with E-state index < -0.39 is 0 Å². The molecule has 4 heteroatoms. The zero-order chi connectivity index (χ0) is 19.5. The average molecular weight is 388 g/mol. The fraction of sp³-hybridized carbons (Fsp3) is 0.440. The van der Waals surface area contributed by atoms with E-state index >= 15 is 0 Å². The van der Waals surface area contributed by atoms with Gasteiger partial charge in [-0.3, -0.25) is 4.90 Å². The van der Waals surface area contributed by atoms with Gasteiger partial charge in [0.05, 0.1) is 0 Å². The normalized spacial score (nSPS) is 18.3. The van der Waals surface area contributed by atoms with Gasteiger partial charge in [0.15, 0.2) is 0 Å². The summed E-state index contributed by atoms with van der Waals surface area (Å²) < 4.78 is 5.56. The molecule has 150 valence electrons. The lowest BCUT2D eigenvalue weighted by Gasteiger charge is -2.21. The lowest BCUT2D eigenvalue weighted by atomic mass is 9.84. The van der Waals surface area contributed by atoms with Gasteiger partial charge in [-0.1, -0.05) is 60.8 Å².